The largest absolute Gasteiger partial charge is 0.486 e. The second-order valence-corrected chi connectivity index (χ2v) is 7.81. The molecule has 2 aromatic rings. The van der Waals surface area contributed by atoms with Gasteiger partial charge in [-0.05, 0) is 30.9 Å². The number of benzene rings is 1. The quantitative estimate of drug-likeness (QED) is 0.609. The molecule has 6 nitrogen and oxygen atoms in total. The van der Waals surface area contributed by atoms with Crippen LogP contribution in [0.25, 0.3) is 11.3 Å². The minimum atomic E-state index is -0.119. The molecule has 0 saturated carbocycles. The molecule has 1 amide bonds. The normalized spacial score (nSPS) is 21.0. The van der Waals surface area contributed by atoms with Crippen molar-refractivity contribution in [1.29, 1.82) is 0 Å². The van der Waals surface area contributed by atoms with Crippen LogP contribution in [-0.2, 0) is 16.0 Å². The topological polar surface area (TPSA) is 73.3 Å². The molecule has 2 aliphatic rings. The zero-order valence-corrected chi connectivity index (χ0v) is 16.5. The minimum absolute atomic E-state index is 0.0319. The first-order valence-corrected chi connectivity index (χ1v) is 10.5. The molecule has 3 heterocycles. The van der Waals surface area contributed by atoms with Crippen molar-refractivity contribution in [2.75, 3.05) is 26.0 Å². The Hall–Kier alpha value is -1.83. The van der Waals surface area contributed by atoms with Gasteiger partial charge in [-0.1, -0.05) is 23.4 Å². The monoisotopic (exact) mass is 405 g/mol. The number of carbonyl (C=O) groups excluding carboxylic acids is 1. The van der Waals surface area contributed by atoms with Crippen LogP contribution in [0.4, 0.5) is 0 Å². The summed E-state index contributed by atoms with van der Waals surface area (Å²) in [5.74, 6) is 0.680. The van der Waals surface area contributed by atoms with Crippen LogP contribution in [0.15, 0.2) is 29.6 Å². The van der Waals surface area contributed by atoms with Crippen molar-refractivity contribution in [2.45, 2.75) is 24.1 Å². The molecule has 1 N–H and O–H groups in total. The Morgan fingerprint density at radius 3 is 3.11 bits per heavy atom. The molecule has 2 aliphatic heterocycles. The van der Waals surface area contributed by atoms with Gasteiger partial charge in [0.25, 0.3) is 0 Å². The number of hydrogen-bond donors (Lipinski definition) is 1. The first-order valence-electron chi connectivity index (χ1n) is 8.86. The van der Waals surface area contributed by atoms with E-state index in [0.29, 0.717) is 37.0 Å². The average Bonchev–Trinajstić information content (AvgIpc) is 3.36. The highest BCUT2D eigenvalue weighted by Gasteiger charge is 2.28. The number of thioether (sulfide) groups is 1. The van der Waals surface area contributed by atoms with E-state index >= 15 is 0 Å². The summed E-state index contributed by atoms with van der Waals surface area (Å²) in [6.45, 7) is 1.62. The number of nitrogens with zero attached hydrogens (tertiary/aromatic N) is 2. The Kier molecular flexibility index (Phi) is 5.52. The summed E-state index contributed by atoms with van der Waals surface area (Å²) in [6, 6.07) is 5.79. The van der Waals surface area contributed by atoms with Gasteiger partial charge in [0, 0.05) is 30.4 Å². The zero-order valence-electron chi connectivity index (χ0n) is 14.9. The fraction of sp³-hybridized carbons (Fsp3) is 0.421. The zero-order chi connectivity index (χ0) is 18.8. The maximum Gasteiger partial charge on any atom is 0.225 e. The van der Waals surface area contributed by atoms with Crippen molar-refractivity contribution in [2.24, 2.45) is 5.92 Å². The summed E-state index contributed by atoms with van der Waals surface area (Å²) in [6.07, 6.45) is 5.05. The third kappa shape index (κ3) is 4.05. The van der Waals surface area contributed by atoms with E-state index < -0.39 is 0 Å². The highest BCUT2D eigenvalue weighted by molar-refractivity contribution is 7.98. The molecule has 2 unspecified atom stereocenters. The maximum atomic E-state index is 12.2. The van der Waals surface area contributed by atoms with Gasteiger partial charge in [0.15, 0.2) is 5.16 Å². The molecule has 8 heteroatoms. The molecule has 1 fully saturated rings. The van der Waals surface area contributed by atoms with E-state index in [1.165, 1.54) is 11.8 Å². The molecule has 0 aliphatic carbocycles. The van der Waals surface area contributed by atoms with Gasteiger partial charge in [-0.25, -0.2) is 9.97 Å². The molecule has 4 rings (SSSR count). The molecule has 1 aromatic heterocycles. The summed E-state index contributed by atoms with van der Waals surface area (Å²) < 4.78 is 11.2. The lowest BCUT2D eigenvalue weighted by Gasteiger charge is -2.14. The number of fused-ring (bicyclic) bond motifs is 1. The molecular formula is C19H20ClN3O3S. The van der Waals surface area contributed by atoms with Crippen LogP contribution in [0.5, 0.6) is 5.75 Å². The fourth-order valence-corrected chi connectivity index (χ4v) is 3.99. The van der Waals surface area contributed by atoms with Gasteiger partial charge in [0.1, 0.15) is 11.9 Å². The van der Waals surface area contributed by atoms with Crippen molar-refractivity contribution in [3.8, 4) is 17.0 Å². The number of nitrogens with one attached hydrogen (secondary N) is 1. The second-order valence-electron chi connectivity index (χ2n) is 6.62. The van der Waals surface area contributed by atoms with Gasteiger partial charge in [-0.2, -0.15) is 0 Å². The Labute approximate surface area is 167 Å². The van der Waals surface area contributed by atoms with E-state index in [1.807, 2.05) is 18.4 Å². The number of aromatic nitrogens is 2. The highest BCUT2D eigenvalue weighted by Crippen LogP contribution is 2.39. The van der Waals surface area contributed by atoms with Crippen molar-refractivity contribution >= 4 is 29.3 Å². The summed E-state index contributed by atoms with van der Waals surface area (Å²) in [7, 11) is 0. The van der Waals surface area contributed by atoms with E-state index in [0.717, 1.165) is 28.4 Å². The summed E-state index contributed by atoms with van der Waals surface area (Å²) in [4.78, 5) is 20.9. The van der Waals surface area contributed by atoms with Gasteiger partial charge in [0.2, 0.25) is 5.91 Å². The first kappa shape index (κ1) is 18.5. The van der Waals surface area contributed by atoms with Gasteiger partial charge in [-0.3, -0.25) is 4.79 Å². The van der Waals surface area contributed by atoms with Gasteiger partial charge < -0.3 is 14.8 Å². The Morgan fingerprint density at radius 2 is 2.33 bits per heavy atom. The molecule has 1 aromatic carbocycles. The lowest BCUT2D eigenvalue weighted by Crippen LogP contribution is -2.38. The predicted molar refractivity (Wildman–Crippen MR) is 104 cm³/mol. The maximum absolute atomic E-state index is 12.2. The van der Waals surface area contributed by atoms with E-state index in [2.05, 4.69) is 21.4 Å². The summed E-state index contributed by atoms with van der Waals surface area (Å²) >= 11 is 7.95. The smallest absolute Gasteiger partial charge is 0.225 e. The van der Waals surface area contributed by atoms with Crippen LogP contribution in [0.1, 0.15) is 12.0 Å². The standard InChI is InChI=1S/C19H20ClN3O3S/c1-27-19-21-4-2-16(23-19)12-6-13-7-14(26-17(13)15(20)8-12)9-22-18(24)11-3-5-25-10-11/h2,4,6,8,11,14H,3,5,7,9-10H2,1H3,(H,22,24). The lowest BCUT2D eigenvalue weighted by molar-refractivity contribution is -0.125. The average molecular weight is 406 g/mol. The SMILES string of the molecule is CSc1nccc(-c2cc(Cl)c3c(c2)CC(CNC(=O)C2CCOC2)O3)n1. The summed E-state index contributed by atoms with van der Waals surface area (Å²) in [5, 5.41) is 4.25. The number of ether oxygens (including phenoxy) is 2. The van der Waals surface area contributed by atoms with Crippen molar-refractivity contribution in [3.05, 3.63) is 35.0 Å². The van der Waals surface area contributed by atoms with E-state index in [1.54, 1.807) is 6.20 Å². The van der Waals surface area contributed by atoms with Crippen LogP contribution in [0, 0.1) is 5.92 Å². The highest BCUT2D eigenvalue weighted by atomic mass is 35.5. The Balaban J connectivity index is 1.45. The van der Waals surface area contributed by atoms with E-state index in [4.69, 9.17) is 21.1 Å². The number of amides is 1. The lowest BCUT2D eigenvalue weighted by atomic mass is 10.0. The molecule has 0 spiro atoms. The molecule has 0 bridgehead atoms. The van der Waals surface area contributed by atoms with Crippen LogP contribution >= 0.6 is 23.4 Å². The van der Waals surface area contributed by atoms with Crippen LogP contribution < -0.4 is 10.1 Å². The number of rotatable bonds is 5. The third-order valence-corrected chi connectivity index (χ3v) is 5.61. The van der Waals surface area contributed by atoms with Gasteiger partial charge in [0.05, 0.1) is 29.8 Å². The Bertz CT molecular complexity index is 858. The van der Waals surface area contributed by atoms with Crippen molar-refractivity contribution in [1.82, 2.24) is 15.3 Å². The predicted octanol–water partition coefficient (Wildman–Crippen LogP) is 2.98. The van der Waals surface area contributed by atoms with Crippen LogP contribution in [0.2, 0.25) is 5.02 Å². The number of carbonyl (C=O) groups is 1. The molecular weight excluding hydrogens is 386 g/mol. The number of halogens is 1. The molecule has 0 radical (unpaired) electrons. The van der Waals surface area contributed by atoms with Crippen LogP contribution in [0.3, 0.4) is 0 Å². The molecule has 142 valence electrons. The van der Waals surface area contributed by atoms with Gasteiger partial charge in [-0.15, -0.1) is 0 Å². The number of hydrogen-bond acceptors (Lipinski definition) is 6. The first-order chi connectivity index (χ1) is 13.1. The van der Waals surface area contributed by atoms with E-state index in [-0.39, 0.29) is 17.9 Å². The third-order valence-electron chi connectivity index (χ3n) is 4.77. The minimum Gasteiger partial charge on any atom is -0.486 e. The van der Waals surface area contributed by atoms with Gasteiger partial charge >= 0.3 is 0 Å². The van der Waals surface area contributed by atoms with Crippen molar-refractivity contribution < 1.29 is 14.3 Å². The molecule has 2 atom stereocenters. The molecule has 1 saturated heterocycles. The fourth-order valence-electron chi connectivity index (χ4n) is 3.35. The summed E-state index contributed by atoms with van der Waals surface area (Å²) in [5.41, 5.74) is 2.80. The molecule has 27 heavy (non-hydrogen) atoms. The van der Waals surface area contributed by atoms with E-state index in [9.17, 15) is 4.79 Å². The second kappa shape index (κ2) is 8.04. The Morgan fingerprint density at radius 1 is 1.44 bits per heavy atom. The van der Waals surface area contributed by atoms with Crippen LogP contribution in [-0.4, -0.2) is 48.0 Å². The van der Waals surface area contributed by atoms with Crippen molar-refractivity contribution in [3.63, 3.8) is 0 Å².